The second kappa shape index (κ2) is 4.64. The summed E-state index contributed by atoms with van der Waals surface area (Å²) in [7, 11) is 0. The van der Waals surface area contributed by atoms with Gasteiger partial charge in [0.25, 0.3) is 0 Å². The summed E-state index contributed by atoms with van der Waals surface area (Å²) in [5.41, 5.74) is 5.45. The van der Waals surface area contributed by atoms with Crippen molar-refractivity contribution in [3.8, 4) is 0 Å². The Morgan fingerprint density at radius 3 is 3.00 bits per heavy atom. The Bertz CT molecular complexity index is 308. The maximum Gasteiger partial charge on any atom is 0.242 e. The van der Waals surface area contributed by atoms with Crippen molar-refractivity contribution < 1.29 is 4.79 Å². The monoisotopic (exact) mass is 196 g/mol. The number of carbonyl (C=O) groups is 1. The summed E-state index contributed by atoms with van der Waals surface area (Å²) in [6, 6.07) is -0.258. The molecule has 1 atom stereocenters. The first kappa shape index (κ1) is 10.6. The van der Waals surface area contributed by atoms with Gasteiger partial charge in [0.1, 0.15) is 11.9 Å². The largest absolute Gasteiger partial charge is 0.382 e. The lowest BCUT2D eigenvalue weighted by Gasteiger charge is -2.12. The minimum atomic E-state index is -0.258. The molecule has 14 heavy (non-hydrogen) atoms. The van der Waals surface area contributed by atoms with E-state index in [1.165, 1.54) is 0 Å². The van der Waals surface area contributed by atoms with Gasteiger partial charge in [-0.2, -0.15) is 0 Å². The van der Waals surface area contributed by atoms with Crippen LogP contribution in [0.2, 0.25) is 0 Å². The van der Waals surface area contributed by atoms with E-state index in [-0.39, 0.29) is 11.9 Å². The normalized spacial score (nSPS) is 12.4. The second-order valence-electron chi connectivity index (χ2n) is 3.21. The van der Waals surface area contributed by atoms with Gasteiger partial charge in [-0.25, -0.2) is 4.98 Å². The Morgan fingerprint density at radius 2 is 2.50 bits per heavy atom. The minimum Gasteiger partial charge on any atom is -0.382 e. The zero-order valence-electron chi connectivity index (χ0n) is 8.53. The molecule has 0 spiro atoms. The van der Waals surface area contributed by atoms with Gasteiger partial charge in [-0.15, -0.1) is 0 Å². The van der Waals surface area contributed by atoms with Crippen molar-refractivity contribution in [3.63, 3.8) is 0 Å². The fourth-order valence-corrected chi connectivity index (χ4v) is 1.10. The molecule has 0 radical (unpaired) electrons. The number of hydrogen-bond donors (Lipinski definition) is 2. The van der Waals surface area contributed by atoms with E-state index >= 15 is 0 Å². The molecule has 1 amide bonds. The van der Waals surface area contributed by atoms with Gasteiger partial charge < -0.3 is 15.6 Å². The molecule has 0 bridgehead atoms. The number of rotatable bonds is 4. The molecular formula is C9H16N4O. The van der Waals surface area contributed by atoms with Crippen LogP contribution in [-0.4, -0.2) is 22.0 Å². The molecule has 1 heterocycles. The summed E-state index contributed by atoms with van der Waals surface area (Å²) in [5, 5.41) is 2.81. The van der Waals surface area contributed by atoms with E-state index in [2.05, 4.69) is 10.3 Å². The molecule has 5 nitrogen and oxygen atoms in total. The molecule has 1 unspecified atom stereocenters. The molecule has 1 aromatic rings. The summed E-state index contributed by atoms with van der Waals surface area (Å²) in [4.78, 5) is 15.4. The second-order valence-corrected chi connectivity index (χ2v) is 3.21. The quantitative estimate of drug-likeness (QED) is 0.738. The van der Waals surface area contributed by atoms with Gasteiger partial charge in [-0.05, 0) is 13.3 Å². The van der Waals surface area contributed by atoms with Crippen LogP contribution < -0.4 is 11.1 Å². The standard InChI is InChI=1S/C9H16N4O/c1-3-4-11-9(14)7(2)13-5-8(10)12-6-13/h5-7H,3-4,10H2,1-2H3,(H,11,14). The minimum absolute atomic E-state index is 0.00995. The third kappa shape index (κ3) is 2.48. The average Bonchev–Trinajstić information content (AvgIpc) is 2.60. The highest BCUT2D eigenvalue weighted by molar-refractivity contribution is 5.79. The van der Waals surface area contributed by atoms with Crippen LogP contribution in [-0.2, 0) is 4.79 Å². The van der Waals surface area contributed by atoms with Crippen LogP contribution in [0.25, 0.3) is 0 Å². The third-order valence-corrected chi connectivity index (χ3v) is 2.00. The Kier molecular flexibility index (Phi) is 3.50. The molecular weight excluding hydrogens is 180 g/mol. The summed E-state index contributed by atoms with van der Waals surface area (Å²) in [5.74, 6) is 0.421. The van der Waals surface area contributed by atoms with E-state index < -0.39 is 0 Å². The molecule has 3 N–H and O–H groups in total. The fraction of sp³-hybridized carbons (Fsp3) is 0.556. The predicted octanol–water partition coefficient (Wildman–Crippen LogP) is 0.552. The number of nitrogens with one attached hydrogen (secondary N) is 1. The summed E-state index contributed by atoms with van der Waals surface area (Å²) < 4.78 is 1.69. The lowest BCUT2D eigenvalue weighted by Crippen LogP contribution is -2.31. The number of carbonyl (C=O) groups excluding carboxylic acids is 1. The Labute approximate surface area is 83.3 Å². The zero-order valence-corrected chi connectivity index (χ0v) is 8.53. The first-order chi connectivity index (χ1) is 6.65. The molecule has 1 rings (SSSR count). The zero-order chi connectivity index (χ0) is 10.6. The first-order valence-electron chi connectivity index (χ1n) is 4.71. The molecule has 0 saturated carbocycles. The van der Waals surface area contributed by atoms with Crippen molar-refractivity contribution in [1.82, 2.24) is 14.9 Å². The summed E-state index contributed by atoms with van der Waals surface area (Å²) >= 11 is 0. The number of imidazole rings is 1. The van der Waals surface area contributed by atoms with Crippen LogP contribution in [0.1, 0.15) is 26.3 Å². The smallest absolute Gasteiger partial charge is 0.242 e. The maximum absolute atomic E-state index is 11.5. The highest BCUT2D eigenvalue weighted by atomic mass is 16.2. The Morgan fingerprint density at radius 1 is 1.79 bits per heavy atom. The van der Waals surface area contributed by atoms with Crippen LogP contribution in [0.5, 0.6) is 0 Å². The number of nitrogens with zero attached hydrogens (tertiary/aromatic N) is 2. The van der Waals surface area contributed by atoms with Gasteiger partial charge in [0, 0.05) is 12.7 Å². The number of hydrogen-bond acceptors (Lipinski definition) is 3. The first-order valence-corrected chi connectivity index (χ1v) is 4.71. The van der Waals surface area contributed by atoms with Crippen molar-refractivity contribution in [1.29, 1.82) is 0 Å². The van der Waals surface area contributed by atoms with Gasteiger partial charge in [0.2, 0.25) is 5.91 Å². The molecule has 5 heteroatoms. The fourth-order valence-electron chi connectivity index (χ4n) is 1.10. The number of aromatic nitrogens is 2. The maximum atomic E-state index is 11.5. The Balaban J connectivity index is 2.56. The Hall–Kier alpha value is -1.52. The van der Waals surface area contributed by atoms with E-state index in [4.69, 9.17) is 5.73 Å². The van der Waals surface area contributed by atoms with Gasteiger partial charge in [0.05, 0.1) is 6.33 Å². The van der Waals surface area contributed by atoms with Crippen molar-refractivity contribution in [2.75, 3.05) is 12.3 Å². The topological polar surface area (TPSA) is 72.9 Å². The van der Waals surface area contributed by atoms with Gasteiger partial charge in [0.15, 0.2) is 0 Å². The van der Waals surface area contributed by atoms with Crippen molar-refractivity contribution in [2.24, 2.45) is 0 Å². The van der Waals surface area contributed by atoms with Gasteiger partial charge >= 0.3 is 0 Å². The van der Waals surface area contributed by atoms with E-state index in [0.717, 1.165) is 6.42 Å². The van der Waals surface area contributed by atoms with Crippen molar-refractivity contribution in [3.05, 3.63) is 12.5 Å². The molecule has 0 aliphatic heterocycles. The lowest BCUT2D eigenvalue weighted by molar-refractivity contribution is -0.123. The summed E-state index contributed by atoms with van der Waals surface area (Å²) in [6.07, 6.45) is 4.15. The number of nitrogens with two attached hydrogens (primary N) is 1. The van der Waals surface area contributed by atoms with Crippen molar-refractivity contribution in [2.45, 2.75) is 26.3 Å². The van der Waals surface area contributed by atoms with Crippen LogP contribution in [0.4, 0.5) is 5.82 Å². The molecule has 1 aromatic heterocycles. The highest BCUT2D eigenvalue weighted by Crippen LogP contribution is 2.07. The van der Waals surface area contributed by atoms with E-state index in [1.807, 2.05) is 13.8 Å². The molecule has 0 saturated heterocycles. The van der Waals surface area contributed by atoms with E-state index in [0.29, 0.717) is 12.4 Å². The van der Waals surface area contributed by atoms with Crippen LogP contribution in [0, 0.1) is 0 Å². The number of anilines is 1. The van der Waals surface area contributed by atoms with Gasteiger partial charge in [-0.1, -0.05) is 6.92 Å². The van der Waals surface area contributed by atoms with Crippen molar-refractivity contribution >= 4 is 11.7 Å². The predicted molar refractivity (Wildman–Crippen MR) is 54.7 cm³/mol. The van der Waals surface area contributed by atoms with Crippen LogP contribution in [0.3, 0.4) is 0 Å². The lowest BCUT2D eigenvalue weighted by atomic mass is 10.3. The molecule has 78 valence electrons. The third-order valence-electron chi connectivity index (χ3n) is 2.00. The van der Waals surface area contributed by atoms with Crippen LogP contribution >= 0.6 is 0 Å². The molecule has 0 aliphatic carbocycles. The van der Waals surface area contributed by atoms with Crippen LogP contribution in [0.15, 0.2) is 12.5 Å². The molecule has 0 aliphatic rings. The SMILES string of the molecule is CCCNC(=O)C(C)n1cnc(N)c1. The highest BCUT2D eigenvalue weighted by Gasteiger charge is 2.13. The van der Waals surface area contributed by atoms with Gasteiger partial charge in [-0.3, -0.25) is 4.79 Å². The van der Waals surface area contributed by atoms with E-state index in [9.17, 15) is 4.79 Å². The number of amides is 1. The number of nitrogen functional groups attached to an aromatic ring is 1. The summed E-state index contributed by atoms with van der Waals surface area (Å²) in [6.45, 7) is 4.53. The average molecular weight is 196 g/mol. The molecule has 0 aromatic carbocycles. The molecule has 0 fully saturated rings. The van der Waals surface area contributed by atoms with E-state index in [1.54, 1.807) is 17.1 Å².